The van der Waals surface area contributed by atoms with E-state index in [4.69, 9.17) is 16.6 Å². The molecular weight excluding hydrogens is 431 g/mol. The van der Waals surface area contributed by atoms with Crippen molar-refractivity contribution in [2.24, 2.45) is 0 Å². The van der Waals surface area contributed by atoms with Crippen molar-refractivity contribution in [3.05, 3.63) is 52.6 Å². The molecule has 2 aliphatic rings. The number of hydrogen-bond acceptors (Lipinski definition) is 4. The Kier molecular flexibility index (Phi) is 5.44. The van der Waals surface area contributed by atoms with E-state index in [2.05, 4.69) is 13.8 Å². The Balaban J connectivity index is 1.65. The minimum absolute atomic E-state index is 0.0151. The fourth-order valence-electron chi connectivity index (χ4n) is 4.66. The number of hydrogen-bond donors (Lipinski definition) is 0. The molecule has 1 fully saturated rings. The molecule has 0 N–H and O–H groups in total. The van der Waals surface area contributed by atoms with Crippen molar-refractivity contribution < 1.29 is 14.0 Å². The highest BCUT2D eigenvalue weighted by molar-refractivity contribution is 6.30. The van der Waals surface area contributed by atoms with Gasteiger partial charge in [-0.2, -0.15) is 0 Å². The van der Waals surface area contributed by atoms with E-state index in [1.165, 1.54) is 6.07 Å². The minimum atomic E-state index is -0.496. The lowest BCUT2D eigenvalue weighted by atomic mass is 9.91. The SMILES string of the molecule is CC(=O)N1CCN(C(=O)c2ccc3c(n2)C(C)(C)CN3c2ccc(Cl)c(F)c2)C(C)(C)C1. The molecule has 0 bridgehead atoms. The first kappa shape index (κ1) is 22.5. The van der Waals surface area contributed by atoms with Crippen molar-refractivity contribution >= 4 is 34.8 Å². The van der Waals surface area contributed by atoms with Crippen molar-refractivity contribution in [3.8, 4) is 0 Å². The molecule has 6 nitrogen and oxygen atoms in total. The zero-order chi connectivity index (χ0) is 23.4. The highest BCUT2D eigenvalue weighted by atomic mass is 35.5. The normalized spacial score (nSPS) is 19.2. The molecule has 2 aliphatic heterocycles. The number of halogens is 2. The first-order chi connectivity index (χ1) is 14.9. The average molecular weight is 459 g/mol. The number of anilines is 2. The average Bonchev–Trinajstić information content (AvgIpc) is 2.99. The Hall–Kier alpha value is -2.67. The number of aromatic nitrogens is 1. The number of amides is 2. The second-order valence-corrected chi connectivity index (χ2v) is 10.2. The van der Waals surface area contributed by atoms with Gasteiger partial charge in [0.25, 0.3) is 5.91 Å². The number of pyridine rings is 1. The first-order valence-corrected chi connectivity index (χ1v) is 11.1. The molecule has 0 radical (unpaired) electrons. The molecule has 0 aliphatic carbocycles. The number of carbonyl (C=O) groups is 2. The van der Waals surface area contributed by atoms with E-state index in [9.17, 15) is 14.0 Å². The molecule has 0 unspecified atom stereocenters. The van der Waals surface area contributed by atoms with Gasteiger partial charge in [-0.1, -0.05) is 25.4 Å². The van der Waals surface area contributed by atoms with E-state index in [1.807, 2.05) is 24.8 Å². The van der Waals surface area contributed by atoms with Crippen molar-refractivity contribution in [3.63, 3.8) is 0 Å². The van der Waals surface area contributed by atoms with E-state index in [0.717, 1.165) is 11.4 Å². The molecule has 32 heavy (non-hydrogen) atoms. The quantitative estimate of drug-likeness (QED) is 0.669. The van der Waals surface area contributed by atoms with E-state index < -0.39 is 11.4 Å². The molecule has 1 aromatic heterocycles. The zero-order valence-electron chi connectivity index (χ0n) is 19.1. The molecule has 2 aromatic rings. The van der Waals surface area contributed by atoms with E-state index in [1.54, 1.807) is 34.9 Å². The summed E-state index contributed by atoms with van der Waals surface area (Å²) in [5.41, 5.74) is 1.91. The standard InChI is InChI=1S/C24H28ClFN4O2/c1-15(31)28-10-11-30(24(4,5)14-28)22(32)19-8-9-20-21(27-19)23(2,3)13-29(20)16-6-7-17(25)18(26)12-16/h6-9,12H,10-11,13-14H2,1-5H3. The second-order valence-electron chi connectivity index (χ2n) is 9.84. The fraction of sp³-hybridized carbons (Fsp3) is 0.458. The highest BCUT2D eigenvalue weighted by Crippen LogP contribution is 2.43. The third-order valence-electron chi connectivity index (χ3n) is 6.39. The smallest absolute Gasteiger partial charge is 0.273 e. The van der Waals surface area contributed by atoms with Crippen LogP contribution in [0.5, 0.6) is 0 Å². The molecule has 0 atom stereocenters. The zero-order valence-corrected chi connectivity index (χ0v) is 19.8. The molecule has 4 rings (SSSR count). The van der Waals surface area contributed by atoms with E-state index in [0.29, 0.717) is 37.6 Å². The number of benzene rings is 1. The first-order valence-electron chi connectivity index (χ1n) is 10.7. The summed E-state index contributed by atoms with van der Waals surface area (Å²) in [6.45, 7) is 11.7. The van der Waals surface area contributed by atoms with Crippen LogP contribution in [0.1, 0.15) is 50.8 Å². The largest absolute Gasteiger partial charge is 0.339 e. The van der Waals surface area contributed by atoms with Gasteiger partial charge in [0.1, 0.15) is 11.5 Å². The summed E-state index contributed by atoms with van der Waals surface area (Å²) in [5, 5.41) is 0.0824. The van der Waals surface area contributed by atoms with Gasteiger partial charge in [-0.05, 0) is 44.2 Å². The highest BCUT2D eigenvalue weighted by Gasteiger charge is 2.41. The Morgan fingerprint density at radius 3 is 2.41 bits per heavy atom. The van der Waals surface area contributed by atoms with Crippen LogP contribution in [0.25, 0.3) is 0 Å². The van der Waals surface area contributed by atoms with Crippen LogP contribution < -0.4 is 4.90 Å². The van der Waals surface area contributed by atoms with Crippen LogP contribution in [0, 0.1) is 5.82 Å². The number of fused-ring (bicyclic) bond motifs is 1. The van der Waals surface area contributed by atoms with Crippen molar-refractivity contribution in [1.29, 1.82) is 0 Å². The van der Waals surface area contributed by atoms with Gasteiger partial charge in [0.15, 0.2) is 0 Å². The van der Waals surface area contributed by atoms with Gasteiger partial charge >= 0.3 is 0 Å². The number of rotatable bonds is 2. The monoisotopic (exact) mass is 458 g/mol. The van der Waals surface area contributed by atoms with Gasteiger partial charge in [0.2, 0.25) is 5.91 Å². The lowest BCUT2D eigenvalue weighted by Crippen LogP contribution is -2.61. The van der Waals surface area contributed by atoms with Gasteiger partial charge < -0.3 is 14.7 Å². The Morgan fingerprint density at radius 2 is 1.78 bits per heavy atom. The van der Waals surface area contributed by atoms with Gasteiger partial charge in [0, 0.05) is 44.2 Å². The molecule has 1 saturated heterocycles. The summed E-state index contributed by atoms with van der Waals surface area (Å²) in [6, 6.07) is 8.37. The van der Waals surface area contributed by atoms with Gasteiger partial charge in [-0.15, -0.1) is 0 Å². The predicted octanol–water partition coefficient (Wildman–Crippen LogP) is 4.39. The molecule has 3 heterocycles. The third-order valence-corrected chi connectivity index (χ3v) is 6.69. The van der Waals surface area contributed by atoms with Crippen LogP contribution >= 0.6 is 11.6 Å². The third kappa shape index (κ3) is 3.83. The molecule has 1 aromatic carbocycles. The molecular formula is C24H28ClFN4O2. The maximum atomic E-state index is 14.1. The summed E-state index contributed by atoms with van der Waals surface area (Å²) in [5.74, 6) is -0.601. The summed E-state index contributed by atoms with van der Waals surface area (Å²) >= 11 is 5.85. The minimum Gasteiger partial charge on any atom is -0.339 e. The summed E-state index contributed by atoms with van der Waals surface area (Å²) in [6.07, 6.45) is 0. The van der Waals surface area contributed by atoms with Gasteiger partial charge in [0.05, 0.1) is 21.9 Å². The predicted molar refractivity (Wildman–Crippen MR) is 123 cm³/mol. The van der Waals surface area contributed by atoms with Gasteiger partial charge in [-0.25, -0.2) is 9.37 Å². The van der Waals surface area contributed by atoms with E-state index in [-0.39, 0.29) is 22.3 Å². The molecule has 8 heteroatoms. The summed E-state index contributed by atoms with van der Waals surface area (Å²) < 4.78 is 14.1. The maximum Gasteiger partial charge on any atom is 0.273 e. The lowest BCUT2D eigenvalue weighted by molar-refractivity contribution is -0.133. The van der Waals surface area contributed by atoms with E-state index >= 15 is 0 Å². The van der Waals surface area contributed by atoms with Crippen molar-refractivity contribution in [2.45, 2.75) is 45.6 Å². The molecule has 0 spiro atoms. The number of piperazine rings is 1. The Labute approximate surface area is 193 Å². The van der Waals surface area contributed by atoms with Crippen molar-refractivity contribution in [2.75, 3.05) is 31.1 Å². The topological polar surface area (TPSA) is 56.8 Å². The van der Waals surface area contributed by atoms with Crippen LogP contribution in [0.4, 0.5) is 15.8 Å². The van der Waals surface area contributed by atoms with Crippen molar-refractivity contribution in [1.82, 2.24) is 14.8 Å². The lowest BCUT2D eigenvalue weighted by Gasteiger charge is -2.46. The fourth-order valence-corrected chi connectivity index (χ4v) is 4.78. The van der Waals surface area contributed by atoms with Crippen LogP contribution in [0.3, 0.4) is 0 Å². The molecule has 2 amide bonds. The van der Waals surface area contributed by atoms with Crippen LogP contribution in [0.15, 0.2) is 30.3 Å². The number of carbonyl (C=O) groups excluding carboxylic acids is 2. The Bertz CT molecular complexity index is 1100. The molecule has 0 saturated carbocycles. The maximum absolute atomic E-state index is 14.1. The van der Waals surface area contributed by atoms with Gasteiger partial charge in [-0.3, -0.25) is 9.59 Å². The second kappa shape index (κ2) is 7.73. The summed E-state index contributed by atoms with van der Waals surface area (Å²) in [4.78, 5) is 35.6. The van der Waals surface area contributed by atoms with Crippen LogP contribution in [-0.2, 0) is 10.2 Å². The Morgan fingerprint density at radius 1 is 1.06 bits per heavy atom. The summed E-state index contributed by atoms with van der Waals surface area (Å²) in [7, 11) is 0. The van der Waals surface area contributed by atoms with Crippen LogP contribution in [-0.4, -0.2) is 58.3 Å². The number of nitrogens with zero attached hydrogens (tertiary/aromatic N) is 4. The molecule has 170 valence electrons. The van der Waals surface area contributed by atoms with Crippen LogP contribution in [0.2, 0.25) is 5.02 Å².